The first kappa shape index (κ1) is 17.8. The molecular formula is C12H27N3O4S. The van der Waals surface area contributed by atoms with Gasteiger partial charge in [-0.25, -0.2) is 8.42 Å². The van der Waals surface area contributed by atoms with Gasteiger partial charge in [0.2, 0.25) is 10.0 Å². The number of methoxy groups -OCH3 is 2. The molecule has 20 heavy (non-hydrogen) atoms. The fraction of sp³-hybridized carbons (Fsp3) is 1.00. The molecule has 1 saturated heterocycles. The Kier molecular flexibility index (Phi) is 8.58. The highest BCUT2D eigenvalue weighted by molar-refractivity contribution is 7.89. The van der Waals surface area contributed by atoms with Crippen molar-refractivity contribution in [1.82, 2.24) is 14.5 Å². The van der Waals surface area contributed by atoms with Crippen molar-refractivity contribution in [2.75, 3.05) is 79.0 Å². The Morgan fingerprint density at radius 2 is 1.65 bits per heavy atom. The van der Waals surface area contributed by atoms with Gasteiger partial charge in [-0.15, -0.1) is 0 Å². The van der Waals surface area contributed by atoms with E-state index in [1.807, 2.05) is 0 Å². The molecule has 120 valence electrons. The first-order valence-corrected chi connectivity index (χ1v) is 8.60. The van der Waals surface area contributed by atoms with E-state index in [4.69, 9.17) is 9.47 Å². The van der Waals surface area contributed by atoms with Gasteiger partial charge in [-0.1, -0.05) is 0 Å². The van der Waals surface area contributed by atoms with Crippen LogP contribution >= 0.6 is 0 Å². The summed E-state index contributed by atoms with van der Waals surface area (Å²) in [4.78, 5) is 2.18. The lowest BCUT2D eigenvalue weighted by molar-refractivity contribution is 0.150. The number of rotatable bonds is 10. The average molecular weight is 309 g/mol. The van der Waals surface area contributed by atoms with Crippen LogP contribution < -0.4 is 5.32 Å². The third-order valence-corrected chi connectivity index (χ3v) is 5.21. The van der Waals surface area contributed by atoms with E-state index < -0.39 is 10.0 Å². The van der Waals surface area contributed by atoms with Crippen molar-refractivity contribution in [3.05, 3.63) is 0 Å². The predicted octanol–water partition coefficient (Wildman–Crippen LogP) is -1.18. The largest absolute Gasteiger partial charge is 0.383 e. The first-order chi connectivity index (χ1) is 9.60. The van der Waals surface area contributed by atoms with Gasteiger partial charge in [0.15, 0.2) is 0 Å². The van der Waals surface area contributed by atoms with Crippen molar-refractivity contribution in [2.45, 2.75) is 0 Å². The monoisotopic (exact) mass is 309 g/mol. The van der Waals surface area contributed by atoms with E-state index in [2.05, 4.69) is 10.2 Å². The lowest BCUT2D eigenvalue weighted by atomic mass is 10.4. The minimum atomic E-state index is -3.25. The average Bonchev–Trinajstić information content (AvgIpc) is 2.46. The number of nitrogens with zero attached hydrogens (tertiary/aromatic N) is 2. The van der Waals surface area contributed by atoms with Gasteiger partial charge in [0.05, 0.1) is 19.0 Å². The van der Waals surface area contributed by atoms with E-state index in [0.717, 1.165) is 26.2 Å². The molecular weight excluding hydrogens is 282 g/mol. The summed E-state index contributed by atoms with van der Waals surface area (Å²) >= 11 is 0. The zero-order chi connectivity index (χ0) is 14.8. The molecule has 0 aromatic heterocycles. The summed E-state index contributed by atoms with van der Waals surface area (Å²) in [6.45, 7) is 5.81. The molecule has 1 N–H and O–H groups in total. The Labute approximate surface area is 122 Å². The molecule has 1 fully saturated rings. The van der Waals surface area contributed by atoms with Gasteiger partial charge in [-0.05, 0) is 0 Å². The summed E-state index contributed by atoms with van der Waals surface area (Å²) in [5.74, 6) is 0.153. The van der Waals surface area contributed by atoms with Crippen LogP contribution in [0.3, 0.4) is 0 Å². The maximum absolute atomic E-state index is 12.4. The fourth-order valence-electron chi connectivity index (χ4n) is 2.08. The first-order valence-electron chi connectivity index (χ1n) is 6.99. The third kappa shape index (κ3) is 6.47. The normalized spacial score (nSPS) is 17.8. The molecule has 0 aliphatic carbocycles. The van der Waals surface area contributed by atoms with Crippen molar-refractivity contribution in [3.8, 4) is 0 Å². The van der Waals surface area contributed by atoms with Gasteiger partial charge < -0.3 is 14.8 Å². The molecule has 0 amide bonds. The number of ether oxygens (including phenoxy) is 2. The highest BCUT2D eigenvalue weighted by Gasteiger charge is 2.22. The molecule has 1 rings (SSSR count). The Balaban J connectivity index is 2.47. The van der Waals surface area contributed by atoms with Gasteiger partial charge in [0, 0.05) is 60.0 Å². The van der Waals surface area contributed by atoms with Crippen molar-refractivity contribution in [3.63, 3.8) is 0 Å². The third-order valence-electron chi connectivity index (χ3n) is 3.36. The van der Waals surface area contributed by atoms with Crippen LogP contribution in [0.5, 0.6) is 0 Å². The molecule has 0 radical (unpaired) electrons. The summed E-state index contributed by atoms with van der Waals surface area (Å²) in [6, 6.07) is 0. The smallest absolute Gasteiger partial charge is 0.215 e. The molecule has 7 nitrogen and oxygen atoms in total. The van der Waals surface area contributed by atoms with E-state index >= 15 is 0 Å². The van der Waals surface area contributed by atoms with E-state index in [1.165, 1.54) is 4.31 Å². The molecule has 0 bridgehead atoms. The van der Waals surface area contributed by atoms with Crippen LogP contribution in [0.4, 0.5) is 0 Å². The Morgan fingerprint density at radius 3 is 2.15 bits per heavy atom. The second-order valence-electron chi connectivity index (χ2n) is 4.79. The van der Waals surface area contributed by atoms with Crippen LogP contribution in [0, 0.1) is 0 Å². The minimum Gasteiger partial charge on any atom is -0.383 e. The molecule has 1 aliphatic heterocycles. The zero-order valence-electron chi connectivity index (χ0n) is 12.5. The van der Waals surface area contributed by atoms with Crippen molar-refractivity contribution in [2.24, 2.45) is 0 Å². The van der Waals surface area contributed by atoms with Crippen LogP contribution in [0.2, 0.25) is 0 Å². The summed E-state index contributed by atoms with van der Waals surface area (Å²) in [5.41, 5.74) is 0. The number of hydrogen-bond donors (Lipinski definition) is 1. The summed E-state index contributed by atoms with van der Waals surface area (Å²) in [6.07, 6.45) is 0. The Bertz CT molecular complexity index is 337. The number of sulfonamides is 1. The highest BCUT2D eigenvalue weighted by Crippen LogP contribution is 2.03. The van der Waals surface area contributed by atoms with Crippen molar-refractivity contribution >= 4 is 10.0 Å². The van der Waals surface area contributed by atoms with Crippen LogP contribution in [-0.2, 0) is 19.5 Å². The van der Waals surface area contributed by atoms with E-state index in [0.29, 0.717) is 32.8 Å². The van der Waals surface area contributed by atoms with E-state index in [-0.39, 0.29) is 5.75 Å². The van der Waals surface area contributed by atoms with E-state index in [9.17, 15) is 8.42 Å². The summed E-state index contributed by atoms with van der Waals surface area (Å²) in [5, 5.41) is 3.26. The topological polar surface area (TPSA) is 71.1 Å². The molecule has 0 aromatic rings. The molecule has 0 aromatic carbocycles. The maximum Gasteiger partial charge on any atom is 0.215 e. The van der Waals surface area contributed by atoms with Crippen molar-refractivity contribution in [1.29, 1.82) is 0 Å². The number of hydrogen-bond acceptors (Lipinski definition) is 6. The van der Waals surface area contributed by atoms with Crippen molar-refractivity contribution < 1.29 is 17.9 Å². The minimum absolute atomic E-state index is 0.153. The van der Waals surface area contributed by atoms with Gasteiger partial charge in [0.1, 0.15) is 0 Å². The van der Waals surface area contributed by atoms with Crippen LogP contribution in [0.15, 0.2) is 0 Å². The van der Waals surface area contributed by atoms with E-state index in [1.54, 1.807) is 14.2 Å². The fourth-order valence-corrected chi connectivity index (χ4v) is 3.54. The predicted molar refractivity (Wildman–Crippen MR) is 78.4 cm³/mol. The standard InChI is InChI=1S/C12H27N3O4S/c1-18-10-7-15(8-11-19-2)20(16,17)12-9-14-5-3-13-4-6-14/h13H,3-12H2,1-2H3. The Morgan fingerprint density at radius 1 is 1.10 bits per heavy atom. The van der Waals surface area contributed by atoms with Crippen LogP contribution in [-0.4, -0.2) is 96.6 Å². The SMILES string of the molecule is COCCN(CCOC)S(=O)(=O)CCN1CCNCC1. The second kappa shape index (κ2) is 9.64. The van der Waals surface area contributed by atoms with Gasteiger partial charge >= 0.3 is 0 Å². The Hall–Kier alpha value is -0.250. The highest BCUT2D eigenvalue weighted by atomic mass is 32.2. The molecule has 1 heterocycles. The molecule has 0 spiro atoms. The maximum atomic E-state index is 12.4. The van der Waals surface area contributed by atoms with Gasteiger partial charge in [0.25, 0.3) is 0 Å². The van der Waals surface area contributed by atoms with Gasteiger partial charge in [-0.3, -0.25) is 4.90 Å². The second-order valence-corrected chi connectivity index (χ2v) is 6.88. The number of piperazine rings is 1. The molecule has 8 heteroatoms. The summed E-state index contributed by atoms with van der Waals surface area (Å²) in [7, 11) is -0.112. The molecule has 0 unspecified atom stereocenters. The molecule has 0 saturated carbocycles. The summed E-state index contributed by atoms with van der Waals surface area (Å²) < 4.78 is 36.1. The van der Waals surface area contributed by atoms with Gasteiger partial charge in [-0.2, -0.15) is 4.31 Å². The lowest BCUT2D eigenvalue weighted by Crippen LogP contribution is -2.47. The quantitative estimate of drug-likeness (QED) is 0.547. The van der Waals surface area contributed by atoms with Crippen LogP contribution in [0.1, 0.15) is 0 Å². The zero-order valence-corrected chi connectivity index (χ0v) is 13.3. The molecule has 1 aliphatic rings. The number of nitrogens with one attached hydrogen (secondary N) is 1. The molecule has 0 atom stereocenters. The lowest BCUT2D eigenvalue weighted by Gasteiger charge is -2.28. The van der Waals surface area contributed by atoms with Crippen LogP contribution in [0.25, 0.3) is 0 Å².